The number of carbonyl (C=O) groups is 2. The fraction of sp³-hybridized carbons (Fsp3) is 0.476. The van der Waals surface area contributed by atoms with Crippen molar-refractivity contribution in [1.29, 1.82) is 5.26 Å². The van der Waals surface area contributed by atoms with E-state index in [2.05, 4.69) is 10.4 Å². The van der Waals surface area contributed by atoms with Crippen LogP contribution in [0.2, 0.25) is 0 Å². The highest BCUT2D eigenvalue weighted by molar-refractivity contribution is 5.97. The maximum Gasteiger partial charge on any atom is 0.291 e. The molecule has 164 valence electrons. The Kier molecular flexibility index (Phi) is 6.44. The molecule has 0 aromatic carbocycles. The van der Waals surface area contributed by atoms with E-state index in [1.54, 1.807) is 7.05 Å². The fourth-order valence-electron chi connectivity index (χ4n) is 3.17. The third kappa shape index (κ3) is 4.77. The number of amides is 2. The molecule has 0 radical (unpaired) electrons. The number of aromatic hydroxyl groups is 1. The average Bonchev–Trinajstić information content (AvgIpc) is 3.42. The predicted molar refractivity (Wildman–Crippen MR) is 113 cm³/mol. The van der Waals surface area contributed by atoms with Gasteiger partial charge in [-0.25, -0.2) is 0 Å². The molecule has 0 bridgehead atoms. The molecule has 2 heterocycles. The number of fused-ring (bicyclic) bond motifs is 1. The SMILES string of the molecule is CC(C)Cn1c(O)c(C(=O)NC2CC2)c(=O)n2ncc(/C=C/C(=O)N(C)CCC#N)c12. The van der Waals surface area contributed by atoms with E-state index >= 15 is 0 Å². The summed E-state index contributed by atoms with van der Waals surface area (Å²) in [5.41, 5.74) is -0.319. The fourth-order valence-corrected chi connectivity index (χ4v) is 3.17. The van der Waals surface area contributed by atoms with Crippen molar-refractivity contribution in [2.24, 2.45) is 5.92 Å². The molecule has 0 aliphatic heterocycles. The molecular weight excluding hydrogens is 400 g/mol. The second-order valence-electron chi connectivity index (χ2n) is 8.09. The number of hydrogen-bond acceptors (Lipinski definition) is 6. The van der Waals surface area contributed by atoms with Gasteiger partial charge in [0.15, 0.2) is 5.56 Å². The Balaban J connectivity index is 2.06. The lowest BCUT2D eigenvalue weighted by Gasteiger charge is -2.17. The first-order chi connectivity index (χ1) is 14.7. The van der Waals surface area contributed by atoms with Gasteiger partial charge in [-0.2, -0.15) is 14.9 Å². The zero-order valence-electron chi connectivity index (χ0n) is 17.8. The van der Waals surface area contributed by atoms with E-state index in [9.17, 15) is 19.5 Å². The molecule has 0 saturated heterocycles. The van der Waals surface area contributed by atoms with Crippen LogP contribution in [0.25, 0.3) is 11.7 Å². The van der Waals surface area contributed by atoms with Gasteiger partial charge < -0.3 is 15.3 Å². The molecule has 0 spiro atoms. The second-order valence-corrected chi connectivity index (χ2v) is 8.09. The number of aromatic nitrogens is 3. The molecule has 10 heteroatoms. The minimum Gasteiger partial charge on any atom is -0.494 e. The first-order valence-corrected chi connectivity index (χ1v) is 10.2. The molecule has 1 saturated carbocycles. The third-order valence-electron chi connectivity index (χ3n) is 4.94. The second kappa shape index (κ2) is 9.04. The topological polar surface area (TPSA) is 133 Å². The first-order valence-electron chi connectivity index (χ1n) is 10.2. The van der Waals surface area contributed by atoms with Gasteiger partial charge >= 0.3 is 0 Å². The summed E-state index contributed by atoms with van der Waals surface area (Å²) in [6.07, 6.45) is 6.16. The summed E-state index contributed by atoms with van der Waals surface area (Å²) in [4.78, 5) is 39.2. The van der Waals surface area contributed by atoms with E-state index in [1.807, 2.05) is 19.9 Å². The number of nitrogens with zero attached hydrogens (tertiary/aromatic N) is 5. The number of likely N-dealkylation sites (N-methyl/N-ethyl adjacent to an activating group) is 1. The van der Waals surface area contributed by atoms with Crippen molar-refractivity contribution in [3.05, 3.63) is 33.8 Å². The van der Waals surface area contributed by atoms with Crippen LogP contribution in [0.15, 0.2) is 17.1 Å². The lowest BCUT2D eigenvalue weighted by Crippen LogP contribution is -2.34. The highest BCUT2D eigenvalue weighted by Gasteiger charge is 2.29. The van der Waals surface area contributed by atoms with Gasteiger partial charge in [0, 0.05) is 37.8 Å². The van der Waals surface area contributed by atoms with E-state index in [0.717, 1.165) is 17.4 Å². The standard InChI is InChI=1S/C21H26N6O4/c1-13(2)12-26-19-14(5-8-16(28)25(3)10-4-9-22)11-23-27(19)21(31)17(20(26)30)18(29)24-15-6-7-15/h5,8,11,13,15,30H,4,6-7,10,12H2,1-3H3,(H,24,29)/b8-5+. The van der Waals surface area contributed by atoms with Crippen LogP contribution in [0.1, 0.15) is 49.0 Å². The zero-order valence-corrected chi connectivity index (χ0v) is 17.8. The van der Waals surface area contributed by atoms with Gasteiger partial charge in [-0.15, -0.1) is 0 Å². The summed E-state index contributed by atoms with van der Waals surface area (Å²) in [5.74, 6) is -1.25. The van der Waals surface area contributed by atoms with Gasteiger partial charge in [0.1, 0.15) is 5.65 Å². The molecule has 1 aliphatic carbocycles. The molecule has 1 aliphatic rings. The smallest absolute Gasteiger partial charge is 0.291 e. The molecule has 10 nitrogen and oxygen atoms in total. The average molecular weight is 426 g/mol. The van der Waals surface area contributed by atoms with Gasteiger partial charge in [0.05, 0.1) is 18.7 Å². The molecule has 3 rings (SSSR count). The van der Waals surface area contributed by atoms with Crippen LogP contribution < -0.4 is 10.9 Å². The third-order valence-corrected chi connectivity index (χ3v) is 4.94. The highest BCUT2D eigenvalue weighted by atomic mass is 16.3. The monoisotopic (exact) mass is 426 g/mol. The summed E-state index contributed by atoms with van der Waals surface area (Å²) >= 11 is 0. The summed E-state index contributed by atoms with van der Waals surface area (Å²) in [6, 6.07) is 2.01. The number of carbonyl (C=O) groups excluding carboxylic acids is 2. The summed E-state index contributed by atoms with van der Waals surface area (Å²) in [7, 11) is 1.59. The molecule has 2 N–H and O–H groups in total. The molecule has 0 atom stereocenters. The summed E-state index contributed by atoms with van der Waals surface area (Å²) < 4.78 is 2.55. The quantitative estimate of drug-likeness (QED) is 0.608. The lowest BCUT2D eigenvalue weighted by atomic mass is 10.2. The maximum absolute atomic E-state index is 12.9. The van der Waals surface area contributed by atoms with Crippen LogP contribution in [-0.2, 0) is 11.3 Å². The van der Waals surface area contributed by atoms with E-state index in [-0.39, 0.29) is 29.9 Å². The van der Waals surface area contributed by atoms with E-state index in [1.165, 1.54) is 27.8 Å². The Hall–Kier alpha value is -3.61. The zero-order chi connectivity index (χ0) is 22.7. The van der Waals surface area contributed by atoms with Gasteiger partial charge in [-0.05, 0) is 24.8 Å². The Labute approximate surface area is 179 Å². The van der Waals surface area contributed by atoms with Crippen LogP contribution in [0, 0.1) is 17.2 Å². The molecule has 2 aromatic rings. The molecule has 31 heavy (non-hydrogen) atoms. The van der Waals surface area contributed by atoms with Crippen LogP contribution >= 0.6 is 0 Å². The largest absolute Gasteiger partial charge is 0.494 e. The normalized spacial score (nSPS) is 13.6. The maximum atomic E-state index is 12.9. The van der Waals surface area contributed by atoms with Crippen LogP contribution in [0.3, 0.4) is 0 Å². The molecule has 1 fully saturated rings. The van der Waals surface area contributed by atoms with Gasteiger partial charge in [-0.1, -0.05) is 13.8 Å². The van der Waals surface area contributed by atoms with E-state index < -0.39 is 17.3 Å². The minimum atomic E-state index is -0.720. The first kappa shape index (κ1) is 22.1. The Morgan fingerprint density at radius 1 is 1.45 bits per heavy atom. The highest BCUT2D eigenvalue weighted by Crippen LogP contribution is 2.24. The molecule has 0 unspecified atom stereocenters. The predicted octanol–water partition coefficient (Wildman–Crippen LogP) is 1.14. The Morgan fingerprint density at radius 2 is 2.16 bits per heavy atom. The molecule has 2 aromatic heterocycles. The number of nitriles is 1. The van der Waals surface area contributed by atoms with Gasteiger partial charge in [0.25, 0.3) is 11.5 Å². The molecular formula is C21H26N6O4. The summed E-state index contributed by atoms with van der Waals surface area (Å²) in [5, 5.41) is 26.4. The minimum absolute atomic E-state index is 0.0284. The van der Waals surface area contributed by atoms with Gasteiger partial charge in [0.2, 0.25) is 11.8 Å². The van der Waals surface area contributed by atoms with Gasteiger partial charge in [-0.3, -0.25) is 19.0 Å². The van der Waals surface area contributed by atoms with Crippen molar-refractivity contribution in [2.75, 3.05) is 13.6 Å². The Bertz CT molecular complexity index is 1130. The van der Waals surface area contributed by atoms with Crippen LogP contribution in [0.4, 0.5) is 0 Å². The van der Waals surface area contributed by atoms with Crippen molar-refractivity contribution in [2.45, 2.75) is 45.7 Å². The van der Waals surface area contributed by atoms with Crippen molar-refractivity contribution in [1.82, 2.24) is 24.4 Å². The lowest BCUT2D eigenvalue weighted by molar-refractivity contribution is -0.124. The van der Waals surface area contributed by atoms with Crippen molar-refractivity contribution >= 4 is 23.5 Å². The Morgan fingerprint density at radius 3 is 2.77 bits per heavy atom. The number of rotatable bonds is 8. The van der Waals surface area contributed by atoms with Crippen molar-refractivity contribution in [3.8, 4) is 11.9 Å². The van der Waals surface area contributed by atoms with E-state index in [0.29, 0.717) is 24.3 Å². The number of nitrogens with one attached hydrogen (secondary N) is 1. The molecule has 2 amide bonds. The van der Waals surface area contributed by atoms with E-state index in [4.69, 9.17) is 5.26 Å². The van der Waals surface area contributed by atoms with Crippen molar-refractivity contribution < 1.29 is 14.7 Å². The van der Waals surface area contributed by atoms with Crippen molar-refractivity contribution in [3.63, 3.8) is 0 Å². The summed E-state index contributed by atoms with van der Waals surface area (Å²) in [6.45, 7) is 4.52. The van der Waals surface area contributed by atoms with Crippen LogP contribution in [0.5, 0.6) is 5.88 Å². The number of hydrogen-bond donors (Lipinski definition) is 2. The van der Waals surface area contributed by atoms with Crippen LogP contribution in [-0.4, -0.2) is 55.6 Å².